The molecule has 0 aliphatic rings. The molecule has 0 radical (unpaired) electrons. The number of rotatable bonds is 8. The van der Waals surface area contributed by atoms with Crippen LogP contribution in [-0.2, 0) is 9.53 Å². The molecule has 0 spiro atoms. The largest absolute Gasteiger partial charge is 0.444 e. The van der Waals surface area contributed by atoms with Gasteiger partial charge in [-0.15, -0.1) is 0 Å². The number of amides is 2. The van der Waals surface area contributed by atoms with E-state index < -0.39 is 11.7 Å². The molecule has 21 heavy (non-hydrogen) atoms. The molecule has 0 aromatic rings. The van der Waals surface area contributed by atoms with Crippen LogP contribution in [0.3, 0.4) is 0 Å². The fraction of sp³-hybridized carbons (Fsp3) is 0.733. The minimum absolute atomic E-state index is 0.0322. The van der Waals surface area contributed by atoms with Crippen molar-refractivity contribution in [2.45, 2.75) is 58.6 Å². The van der Waals surface area contributed by atoms with Gasteiger partial charge < -0.3 is 20.9 Å². The Morgan fingerprint density at radius 1 is 1.33 bits per heavy atom. The van der Waals surface area contributed by atoms with E-state index in [4.69, 9.17) is 10.5 Å². The number of carbonyl (C=O) groups is 2. The SMILES string of the molecule is C[C@H](CO)[C@@H](C/C=C\CCC(N)=O)NC(=O)OC(C)(C)C. The molecular weight excluding hydrogens is 272 g/mol. The monoisotopic (exact) mass is 300 g/mol. The van der Waals surface area contributed by atoms with E-state index in [-0.39, 0.29) is 24.5 Å². The summed E-state index contributed by atoms with van der Waals surface area (Å²) in [6.45, 7) is 7.19. The lowest BCUT2D eigenvalue weighted by Crippen LogP contribution is -2.43. The number of nitrogens with two attached hydrogens (primary N) is 1. The van der Waals surface area contributed by atoms with Gasteiger partial charge in [0.15, 0.2) is 0 Å². The summed E-state index contributed by atoms with van der Waals surface area (Å²) < 4.78 is 5.20. The lowest BCUT2D eigenvalue weighted by atomic mass is 9.99. The van der Waals surface area contributed by atoms with Crippen LogP contribution in [-0.4, -0.2) is 35.4 Å². The Kier molecular flexibility index (Phi) is 8.69. The van der Waals surface area contributed by atoms with E-state index in [1.165, 1.54) is 0 Å². The summed E-state index contributed by atoms with van der Waals surface area (Å²) in [5, 5.41) is 12.0. The van der Waals surface area contributed by atoms with Crippen molar-refractivity contribution in [1.82, 2.24) is 5.32 Å². The Hall–Kier alpha value is -1.56. The molecule has 4 N–H and O–H groups in total. The van der Waals surface area contributed by atoms with E-state index in [9.17, 15) is 14.7 Å². The van der Waals surface area contributed by atoms with E-state index in [0.717, 1.165) is 0 Å². The van der Waals surface area contributed by atoms with Crippen LogP contribution in [0.25, 0.3) is 0 Å². The molecule has 6 nitrogen and oxygen atoms in total. The zero-order valence-corrected chi connectivity index (χ0v) is 13.4. The summed E-state index contributed by atoms with van der Waals surface area (Å²) in [7, 11) is 0. The standard InChI is InChI=1S/C15H28N2O4/c1-11(10-18)12(8-6-5-7-9-13(16)19)17-14(20)21-15(2,3)4/h5-6,11-12,18H,7-10H2,1-4H3,(H2,16,19)(H,17,20)/b6-5-/t11-,12-/m1/s1. The van der Waals surface area contributed by atoms with Gasteiger partial charge in [-0.3, -0.25) is 4.79 Å². The van der Waals surface area contributed by atoms with Crippen molar-refractivity contribution in [2.75, 3.05) is 6.61 Å². The first-order valence-electron chi connectivity index (χ1n) is 7.19. The molecule has 0 heterocycles. The number of allylic oxidation sites excluding steroid dienone is 1. The van der Waals surface area contributed by atoms with E-state index >= 15 is 0 Å². The quantitative estimate of drug-likeness (QED) is 0.594. The van der Waals surface area contributed by atoms with Crippen LogP contribution < -0.4 is 11.1 Å². The predicted molar refractivity (Wildman–Crippen MR) is 81.6 cm³/mol. The number of alkyl carbamates (subject to hydrolysis) is 1. The molecule has 2 atom stereocenters. The Labute approximate surface area is 126 Å². The van der Waals surface area contributed by atoms with Crippen molar-refractivity contribution in [2.24, 2.45) is 11.7 Å². The van der Waals surface area contributed by atoms with Gasteiger partial charge in [-0.1, -0.05) is 19.1 Å². The zero-order valence-electron chi connectivity index (χ0n) is 13.4. The Morgan fingerprint density at radius 2 is 1.95 bits per heavy atom. The van der Waals surface area contributed by atoms with Crippen molar-refractivity contribution in [1.29, 1.82) is 0 Å². The molecule has 0 aromatic heterocycles. The third-order valence-electron chi connectivity index (χ3n) is 2.79. The smallest absolute Gasteiger partial charge is 0.407 e. The van der Waals surface area contributed by atoms with Crippen LogP contribution in [0.1, 0.15) is 47.0 Å². The fourth-order valence-corrected chi connectivity index (χ4v) is 1.61. The molecule has 0 unspecified atom stereocenters. The highest BCUT2D eigenvalue weighted by Gasteiger charge is 2.22. The first kappa shape index (κ1) is 19.4. The normalized spacial score (nSPS) is 14.7. The summed E-state index contributed by atoms with van der Waals surface area (Å²) in [4.78, 5) is 22.4. The van der Waals surface area contributed by atoms with Crippen LogP contribution in [0.15, 0.2) is 12.2 Å². The van der Waals surface area contributed by atoms with Crippen LogP contribution >= 0.6 is 0 Å². The minimum Gasteiger partial charge on any atom is -0.444 e. The Bertz CT molecular complexity index is 361. The molecular formula is C15H28N2O4. The lowest BCUT2D eigenvalue weighted by Gasteiger charge is -2.25. The number of aliphatic hydroxyl groups is 1. The van der Waals surface area contributed by atoms with Crippen molar-refractivity contribution in [3.05, 3.63) is 12.2 Å². The molecule has 0 aliphatic heterocycles. The van der Waals surface area contributed by atoms with Gasteiger partial charge in [-0.2, -0.15) is 0 Å². The first-order chi connectivity index (χ1) is 9.65. The van der Waals surface area contributed by atoms with E-state index in [0.29, 0.717) is 19.3 Å². The number of carbonyl (C=O) groups excluding carboxylic acids is 2. The zero-order chi connectivity index (χ0) is 16.5. The second-order valence-electron chi connectivity index (χ2n) is 6.12. The highest BCUT2D eigenvalue weighted by Crippen LogP contribution is 2.11. The summed E-state index contributed by atoms with van der Waals surface area (Å²) in [5.74, 6) is -0.440. The average molecular weight is 300 g/mol. The van der Waals surface area contributed by atoms with Gasteiger partial charge in [-0.25, -0.2) is 4.79 Å². The number of ether oxygens (including phenoxy) is 1. The van der Waals surface area contributed by atoms with Gasteiger partial charge in [0.1, 0.15) is 5.60 Å². The van der Waals surface area contributed by atoms with Gasteiger partial charge in [0, 0.05) is 19.1 Å². The topological polar surface area (TPSA) is 102 Å². The average Bonchev–Trinajstić information content (AvgIpc) is 2.33. The van der Waals surface area contributed by atoms with Crippen LogP contribution in [0.2, 0.25) is 0 Å². The molecule has 0 rings (SSSR count). The van der Waals surface area contributed by atoms with Gasteiger partial charge in [0.05, 0.1) is 0 Å². The number of primary amides is 1. The second kappa shape index (κ2) is 9.39. The van der Waals surface area contributed by atoms with Crippen LogP contribution in [0.4, 0.5) is 4.79 Å². The molecule has 2 amide bonds. The van der Waals surface area contributed by atoms with Gasteiger partial charge in [-0.05, 0) is 39.5 Å². The Morgan fingerprint density at radius 3 is 2.43 bits per heavy atom. The van der Waals surface area contributed by atoms with E-state index in [1.54, 1.807) is 20.8 Å². The van der Waals surface area contributed by atoms with E-state index in [2.05, 4.69) is 5.32 Å². The predicted octanol–water partition coefficient (Wildman–Crippen LogP) is 1.72. The molecule has 0 bridgehead atoms. The van der Waals surface area contributed by atoms with Crippen molar-refractivity contribution in [3.8, 4) is 0 Å². The lowest BCUT2D eigenvalue weighted by molar-refractivity contribution is -0.117. The maximum Gasteiger partial charge on any atom is 0.407 e. The number of nitrogens with one attached hydrogen (secondary N) is 1. The first-order valence-corrected chi connectivity index (χ1v) is 7.19. The number of hydrogen-bond donors (Lipinski definition) is 3. The molecule has 0 saturated carbocycles. The summed E-state index contributed by atoms with van der Waals surface area (Å²) in [5.41, 5.74) is 4.49. The highest BCUT2D eigenvalue weighted by atomic mass is 16.6. The fourth-order valence-electron chi connectivity index (χ4n) is 1.61. The van der Waals surface area contributed by atoms with Crippen molar-refractivity contribution in [3.63, 3.8) is 0 Å². The van der Waals surface area contributed by atoms with Gasteiger partial charge in [0.2, 0.25) is 5.91 Å². The highest BCUT2D eigenvalue weighted by molar-refractivity contribution is 5.73. The molecule has 122 valence electrons. The van der Waals surface area contributed by atoms with Crippen molar-refractivity contribution >= 4 is 12.0 Å². The summed E-state index contributed by atoms with van der Waals surface area (Å²) >= 11 is 0. The minimum atomic E-state index is -0.561. The third kappa shape index (κ3) is 10.8. The number of aliphatic hydroxyl groups excluding tert-OH is 1. The van der Waals surface area contributed by atoms with Gasteiger partial charge in [0.25, 0.3) is 0 Å². The van der Waals surface area contributed by atoms with E-state index in [1.807, 2.05) is 19.1 Å². The molecule has 0 fully saturated rings. The van der Waals surface area contributed by atoms with Crippen LogP contribution in [0, 0.1) is 5.92 Å². The summed E-state index contributed by atoms with van der Waals surface area (Å²) in [6, 6.07) is -0.227. The van der Waals surface area contributed by atoms with Gasteiger partial charge >= 0.3 is 6.09 Å². The molecule has 0 aromatic carbocycles. The molecule has 0 aliphatic carbocycles. The van der Waals surface area contributed by atoms with Crippen LogP contribution in [0.5, 0.6) is 0 Å². The second-order valence-corrected chi connectivity index (χ2v) is 6.12. The molecule has 6 heteroatoms. The summed E-state index contributed by atoms with van der Waals surface area (Å²) in [6.07, 6.45) is 4.64. The number of hydrogen-bond acceptors (Lipinski definition) is 4. The Balaban J connectivity index is 4.39. The molecule has 0 saturated heterocycles. The van der Waals surface area contributed by atoms with Crippen molar-refractivity contribution < 1.29 is 19.4 Å². The maximum atomic E-state index is 11.8. The maximum absolute atomic E-state index is 11.8. The third-order valence-corrected chi connectivity index (χ3v) is 2.79.